The van der Waals surface area contributed by atoms with E-state index in [1.54, 1.807) is 7.11 Å². The zero-order chi connectivity index (χ0) is 11.7. The van der Waals surface area contributed by atoms with E-state index >= 15 is 0 Å². The number of methoxy groups -OCH3 is 1. The molecule has 0 aromatic heterocycles. The summed E-state index contributed by atoms with van der Waals surface area (Å²) >= 11 is 0. The molecule has 2 N–H and O–H groups in total. The average Bonchev–Trinajstić information content (AvgIpc) is 2.28. The average molecular weight is 220 g/mol. The van der Waals surface area contributed by atoms with Gasteiger partial charge in [-0.2, -0.15) is 0 Å². The van der Waals surface area contributed by atoms with Gasteiger partial charge in [0.1, 0.15) is 5.75 Å². The van der Waals surface area contributed by atoms with E-state index in [0.717, 1.165) is 18.8 Å². The van der Waals surface area contributed by atoms with Gasteiger partial charge in [0.2, 0.25) is 0 Å². The van der Waals surface area contributed by atoms with Crippen LogP contribution < -0.4 is 10.5 Å². The summed E-state index contributed by atoms with van der Waals surface area (Å²) in [5.74, 6) is 0.896. The van der Waals surface area contributed by atoms with Crippen molar-refractivity contribution >= 4 is 0 Å². The lowest BCUT2D eigenvalue weighted by molar-refractivity contribution is 0.185. The fourth-order valence-corrected chi connectivity index (χ4v) is 2.22. The maximum Gasteiger partial charge on any atom is 0.119 e. The molecule has 2 rings (SSSR count). The molecule has 1 unspecified atom stereocenters. The van der Waals surface area contributed by atoms with Crippen molar-refractivity contribution in [2.24, 2.45) is 5.73 Å². The van der Waals surface area contributed by atoms with Crippen molar-refractivity contribution in [3.63, 3.8) is 0 Å². The zero-order valence-corrected chi connectivity index (χ0v) is 10.2. The van der Waals surface area contributed by atoms with Gasteiger partial charge in [0.05, 0.1) is 7.11 Å². The van der Waals surface area contributed by atoms with Crippen LogP contribution in [0.4, 0.5) is 0 Å². The normalized spacial score (nSPS) is 20.9. The maximum atomic E-state index is 6.20. The topological polar surface area (TPSA) is 38.5 Å². The summed E-state index contributed by atoms with van der Waals surface area (Å²) in [7, 11) is 1.69. The van der Waals surface area contributed by atoms with E-state index in [1.807, 2.05) is 6.07 Å². The number of nitrogens with two attached hydrogens (primary N) is 1. The standard InChI is InChI=1S/C13H20N2O/c1-9(2)15-7-10-4-5-11(16-3)6-12(10)13(14)8-15/h4-6,9,13H,7-8,14H2,1-3H3. The molecule has 0 saturated heterocycles. The molecule has 16 heavy (non-hydrogen) atoms. The molecule has 0 fully saturated rings. The van der Waals surface area contributed by atoms with Crippen molar-refractivity contribution in [3.05, 3.63) is 29.3 Å². The van der Waals surface area contributed by atoms with Crippen LogP contribution >= 0.6 is 0 Å². The van der Waals surface area contributed by atoms with Crippen molar-refractivity contribution in [2.75, 3.05) is 13.7 Å². The first-order valence-electron chi connectivity index (χ1n) is 5.78. The molecule has 1 aliphatic heterocycles. The molecule has 0 radical (unpaired) electrons. The predicted molar refractivity (Wildman–Crippen MR) is 65.5 cm³/mol. The summed E-state index contributed by atoms with van der Waals surface area (Å²) in [6.45, 7) is 6.34. The first-order valence-corrected chi connectivity index (χ1v) is 5.78. The Morgan fingerprint density at radius 2 is 2.19 bits per heavy atom. The fraction of sp³-hybridized carbons (Fsp3) is 0.538. The fourth-order valence-electron chi connectivity index (χ4n) is 2.22. The Labute approximate surface area is 97.2 Å². The van der Waals surface area contributed by atoms with Crippen molar-refractivity contribution in [1.82, 2.24) is 4.90 Å². The molecule has 1 aromatic rings. The minimum absolute atomic E-state index is 0.0984. The highest BCUT2D eigenvalue weighted by molar-refractivity contribution is 5.39. The predicted octanol–water partition coefficient (Wildman–Crippen LogP) is 1.92. The van der Waals surface area contributed by atoms with Crippen LogP contribution in [0, 0.1) is 0 Å². The molecule has 0 bridgehead atoms. The van der Waals surface area contributed by atoms with Gasteiger partial charge in [-0.25, -0.2) is 0 Å². The Hall–Kier alpha value is -1.06. The van der Waals surface area contributed by atoms with Gasteiger partial charge in [-0.3, -0.25) is 4.90 Å². The highest BCUT2D eigenvalue weighted by atomic mass is 16.5. The lowest BCUT2D eigenvalue weighted by Crippen LogP contribution is -2.40. The molecule has 0 spiro atoms. The summed E-state index contributed by atoms with van der Waals surface area (Å²) in [6, 6.07) is 6.85. The zero-order valence-electron chi connectivity index (χ0n) is 10.2. The van der Waals surface area contributed by atoms with Crippen molar-refractivity contribution in [1.29, 1.82) is 0 Å². The van der Waals surface area contributed by atoms with Crippen LogP contribution in [0.3, 0.4) is 0 Å². The Morgan fingerprint density at radius 1 is 1.44 bits per heavy atom. The largest absolute Gasteiger partial charge is 0.497 e. The van der Waals surface area contributed by atoms with Crippen LogP contribution in [0.1, 0.15) is 31.0 Å². The number of rotatable bonds is 2. The van der Waals surface area contributed by atoms with Crippen LogP contribution in [0.25, 0.3) is 0 Å². The Morgan fingerprint density at radius 3 is 2.81 bits per heavy atom. The molecule has 3 heteroatoms. The van der Waals surface area contributed by atoms with E-state index < -0.39 is 0 Å². The minimum atomic E-state index is 0.0984. The number of benzene rings is 1. The van der Waals surface area contributed by atoms with Gasteiger partial charge in [-0.1, -0.05) is 6.07 Å². The van der Waals surface area contributed by atoms with Gasteiger partial charge in [0, 0.05) is 25.2 Å². The SMILES string of the molecule is COc1ccc2c(c1)C(N)CN(C(C)C)C2. The Bertz CT molecular complexity index is 376. The third kappa shape index (κ3) is 2.06. The molecule has 88 valence electrons. The van der Waals surface area contributed by atoms with E-state index in [4.69, 9.17) is 10.5 Å². The molecule has 0 saturated carbocycles. The second-order valence-electron chi connectivity index (χ2n) is 4.69. The monoisotopic (exact) mass is 220 g/mol. The number of fused-ring (bicyclic) bond motifs is 1. The Balaban J connectivity index is 2.30. The summed E-state index contributed by atoms with van der Waals surface area (Å²) in [4.78, 5) is 2.40. The maximum absolute atomic E-state index is 6.20. The van der Waals surface area contributed by atoms with Crippen molar-refractivity contribution in [3.8, 4) is 5.75 Å². The van der Waals surface area contributed by atoms with Gasteiger partial charge < -0.3 is 10.5 Å². The quantitative estimate of drug-likeness (QED) is 0.827. The van der Waals surface area contributed by atoms with Crippen LogP contribution in [0.5, 0.6) is 5.75 Å². The van der Waals surface area contributed by atoms with E-state index in [0.29, 0.717) is 6.04 Å². The number of nitrogens with zero attached hydrogens (tertiary/aromatic N) is 1. The van der Waals surface area contributed by atoms with Gasteiger partial charge in [0.25, 0.3) is 0 Å². The van der Waals surface area contributed by atoms with E-state index in [9.17, 15) is 0 Å². The number of hydrogen-bond donors (Lipinski definition) is 1. The van der Waals surface area contributed by atoms with Gasteiger partial charge in [-0.05, 0) is 37.1 Å². The first kappa shape index (κ1) is 11.4. The third-order valence-electron chi connectivity index (χ3n) is 3.29. The van der Waals surface area contributed by atoms with Crippen LogP contribution in [0.15, 0.2) is 18.2 Å². The Kier molecular flexibility index (Phi) is 3.17. The molecule has 0 amide bonds. The van der Waals surface area contributed by atoms with Gasteiger partial charge >= 0.3 is 0 Å². The van der Waals surface area contributed by atoms with Crippen molar-refractivity contribution < 1.29 is 4.74 Å². The minimum Gasteiger partial charge on any atom is -0.497 e. The van der Waals surface area contributed by atoms with Crippen LogP contribution in [-0.2, 0) is 6.54 Å². The van der Waals surface area contributed by atoms with Gasteiger partial charge in [0.15, 0.2) is 0 Å². The van der Waals surface area contributed by atoms with E-state index in [1.165, 1.54) is 11.1 Å². The molecule has 1 atom stereocenters. The van der Waals surface area contributed by atoms with Crippen LogP contribution in [-0.4, -0.2) is 24.6 Å². The van der Waals surface area contributed by atoms with Crippen molar-refractivity contribution in [2.45, 2.75) is 32.5 Å². The molecular weight excluding hydrogens is 200 g/mol. The number of ether oxygens (including phenoxy) is 1. The molecule has 3 nitrogen and oxygen atoms in total. The second kappa shape index (κ2) is 4.44. The van der Waals surface area contributed by atoms with Gasteiger partial charge in [-0.15, -0.1) is 0 Å². The summed E-state index contributed by atoms with van der Waals surface area (Å²) in [6.07, 6.45) is 0. The summed E-state index contributed by atoms with van der Waals surface area (Å²) in [5, 5.41) is 0. The van der Waals surface area contributed by atoms with E-state index in [2.05, 4.69) is 30.9 Å². The molecular formula is C13H20N2O. The van der Waals surface area contributed by atoms with Crippen LogP contribution in [0.2, 0.25) is 0 Å². The lowest BCUT2D eigenvalue weighted by atomic mass is 9.95. The first-order chi connectivity index (χ1) is 7.61. The second-order valence-corrected chi connectivity index (χ2v) is 4.69. The molecule has 1 aliphatic rings. The molecule has 1 aromatic carbocycles. The smallest absolute Gasteiger partial charge is 0.119 e. The number of hydrogen-bond acceptors (Lipinski definition) is 3. The summed E-state index contributed by atoms with van der Waals surface area (Å²) < 4.78 is 5.23. The molecule has 1 heterocycles. The highest BCUT2D eigenvalue weighted by Gasteiger charge is 2.24. The third-order valence-corrected chi connectivity index (χ3v) is 3.29. The lowest BCUT2D eigenvalue weighted by Gasteiger charge is -2.35. The summed E-state index contributed by atoms with van der Waals surface area (Å²) in [5.41, 5.74) is 8.76. The molecule has 0 aliphatic carbocycles. The highest BCUT2D eigenvalue weighted by Crippen LogP contribution is 2.29. The van der Waals surface area contributed by atoms with E-state index in [-0.39, 0.29) is 6.04 Å².